The summed E-state index contributed by atoms with van der Waals surface area (Å²) in [6.45, 7) is 5.25. The van der Waals surface area contributed by atoms with Gasteiger partial charge in [-0.3, -0.25) is 10.2 Å². The van der Waals surface area contributed by atoms with Crippen LogP contribution in [0.1, 0.15) is 38.3 Å². The summed E-state index contributed by atoms with van der Waals surface area (Å²) in [4.78, 5) is 11.5. The highest BCUT2D eigenvalue weighted by atomic mass is 19.4. The molecule has 0 spiro atoms. The van der Waals surface area contributed by atoms with E-state index in [1.165, 1.54) is 0 Å². The zero-order valence-corrected chi connectivity index (χ0v) is 13.0. The standard InChI is InChI=1S/C16H21F3N2O/c1-4-11-6-5-7-12(8-11)9-13(16(17,18)19)21-15(2,3)10-14(22)20-21/h5-8,13H,4,9-10H2,1-3H3,(H,20,22). The fourth-order valence-corrected chi connectivity index (χ4v) is 2.86. The molecule has 22 heavy (non-hydrogen) atoms. The first-order valence-electron chi connectivity index (χ1n) is 7.37. The lowest BCUT2D eigenvalue weighted by Gasteiger charge is -2.37. The third-order valence-corrected chi connectivity index (χ3v) is 4.01. The van der Waals surface area contributed by atoms with E-state index >= 15 is 0 Å². The number of nitrogens with one attached hydrogen (secondary N) is 1. The molecule has 1 heterocycles. The second-order valence-corrected chi connectivity index (χ2v) is 6.33. The number of hydrogen-bond donors (Lipinski definition) is 1. The number of halogens is 3. The number of hydrazine groups is 1. The summed E-state index contributed by atoms with van der Waals surface area (Å²) in [5, 5.41) is 1.06. The Morgan fingerprint density at radius 1 is 1.32 bits per heavy atom. The Labute approximate surface area is 128 Å². The van der Waals surface area contributed by atoms with Crippen LogP contribution < -0.4 is 5.43 Å². The average Bonchev–Trinajstić information content (AvgIpc) is 2.67. The highest BCUT2D eigenvalue weighted by Gasteiger charge is 2.51. The molecular weight excluding hydrogens is 293 g/mol. The van der Waals surface area contributed by atoms with E-state index in [1.54, 1.807) is 32.0 Å². The third kappa shape index (κ3) is 3.61. The summed E-state index contributed by atoms with van der Waals surface area (Å²) >= 11 is 0. The maximum Gasteiger partial charge on any atom is 0.406 e. The molecule has 0 radical (unpaired) electrons. The Morgan fingerprint density at radius 2 is 1.95 bits per heavy atom. The molecule has 0 saturated carbocycles. The lowest BCUT2D eigenvalue weighted by molar-refractivity contribution is -0.200. The van der Waals surface area contributed by atoms with Crippen molar-refractivity contribution in [3.63, 3.8) is 0 Å². The van der Waals surface area contributed by atoms with Gasteiger partial charge >= 0.3 is 6.18 Å². The summed E-state index contributed by atoms with van der Waals surface area (Å²) in [7, 11) is 0. The van der Waals surface area contributed by atoms with Gasteiger partial charge in [0.25, 0.3) is 0 Å². The molecule has 1 atom stereocenters. The highest BCUT2D eigenvalue weighted by Crippen LogP contribution is 2.34. The number of alkyl halides is 3. The van der Waals surface area contributed by atoms with Crippen molar-refractivity contribution in [3.05, 3.63) is 35.4 Å². The fourth-order valence-electron chi connectivity index (χ4n) is 2.86. The maximum atomic E-state index is 13.5. The lowest BCUT2D eigenvalue weighted by atomic mass is 9.96. The topological polar surface area (TPSA) is 32.3 Å². The van der Waals surface area contributed by atoms with Crippen LogP contribution in [-0.4, -0.2) is 28.7 Å². The van der Waals surface area contributed by atoms with Crippen molar-refractivity contribution in [1.82, 2.24) is 10.4 Å². The van der Waals surface area contributed by atoms with Gasteiger partial charge in [-0.05, 0) is 37.8 Å². The molecule has 1 aromatic carbocycles. The average molecular weight is 314 g/mol. The van der Waals surface area contributed by atoms with Gasteiger partial charge in [-0.2, -0.15) is 13.2 Å². The van der Waals surface area contributed by atoms with Crippen molar-refractivity contribution in [2.45, 2.75) is 57.8 Å². The molecule has 122 valence electrons. The summed E-state index contributed by atoms with van der Waals surface area (Å²) in [6.07, 6.45) is -3.76. The number of carbonyl (C=O) groups is 1. The Bertz CT molecular complexity index is 555. The number of carbonyl (C=O) groups excluding carboxylic acids is 1. The van der Waals surface area contributed by atoms with Crippen molar-refractivity contribution >= 4 is 5.91 Å². The number of amides is 1. The van der Waals surface area contributed by atoms with E-state index in [4.69, 9.17) is 0 Å². The van der Waals surface area contributed by atoms with Gasteiger partial charge in [0.1, 0.15) is 6.04 Å². The molecule has 2 rings (SSSR count). The molecule has 1 N–H and O–H groups in total. The van der Waals surface area contributed by atoms with Crippen LogP contribution in [0.2, 0.25) is 0 Å². The van der Waals surface area contributed by atoms with Crippen LogP contribution in [0.5, 0.6) is 0 Å². The Hall–Kier alpha value is -1.56. The number of nitrogens with zero attached hydrogens (tertiary/aromatic N) is 1. The number of rotatable bonds is 4. The minimum atomic E-state index is -4.42. The zero-order valence-electron chi connectivity index (χ0n) is 13.0. The van der Waals surface area contributed by atoms with Gasteiger partial charge in [0.2, 0.25) is 5.91 Å². The molecule has 1 aliphatic heterocycles. The van der Waals surface area contributed by atoms with Crippen LogP contribution in [0, 0.1) is 0 Å². The van der Waals surface area contributed by atoms with Crippen LogP contribution in [0.3, 0.4) is 0 Å². The molecule has 1 aromatic rings. The molecule has 1 unspecified atom stereocenters. The summed E-state index contributed by atoms with van der Waals surface area (Å²) in [5.74, 6) is -0.374. The van der Waals surface area contributed by atoms with Gasteiger partial charge in [0, 0.05) is 12.0 Å². The van der Waals surface area contributed by atoms with Crippen LogP contribution >= 0.6 is 0 Å². The van der Waals surface area contributed by atoms with Gasteiger partial charge in [0.05, 0.1) is 0 Å². The smallest absolute Gasteiger partial charge is 0.288 e. The van der Waals surface area contributed by atoms with E-state index in [0.29, 0.717) is 5.56 Å². The predicted octanol–water partition coefficient (Wildman–Crippen LogP) is 3.24. The second kappa shape index (κ2) is 5.91. The molecule has 1 amide bonds. The van der Waals surface area contributed by atoms with E-state index in [-0.39, 0.29) is 18.7 Å². The first-order valence-corrected chi connectivity index (χ1v) is 7.37. The normalized spacial score (nSPS) is 20.0. The first-order chi connectivity index (χ1) is 10.1. The van der Waals surface area contributed by atoms with Crippen LogP contribution in [0.15, 0.2) is 24.3 Å². The largest absolute Gasteiger partial charge is 0.406 e. The van der Waals surface area contributed by atoms with Gasteiger partial charge in [-0.15, -0.1) is 0 Å². The van der Waals surface area contributed by atoms with E-state index in [1.807, 2.05) is 13.0 Å². The van der Waals surface area contributed by atoms with E-state index in [9.17, 15) is 18.0 Å². The van der Waals surface area contributed by atoms with Gasteiger partial charge < -0.3 is 0 Å². The number of benzene rings is 1. The molecule has 0 aromatic heterocycles. The van der Waals surface area contributed by atoms with Crippen LogP contribution in [0.25, 0.3) is 0 Å². The van der Waals surface area contributed by atoms with Crippen LogP contribution in [-0.2, 0) is 17.6 Å². The quantitative estimate of drug-likeness (QED) is 0.925. The van der Waals surface area contributed by atoms with Crippen molar-refractivity contribution < 1.29 is 18.0 Å². The highest BCUT2D eigenvalue weighted by molar-refractivity contribution is 5.78. The monoisotopic (exact) mass is 314 g/mol. The molecule has 0 bridgehead atoms. The van der Waals surface area contributed by atoms with E-state index < -0.39 is 17.8 Å². The summed E-state index contributed by atoms with van der Waals surface area (Å²) in [6, 6.07) is 5.43. The van der Waals surface area contributed by atoms with Crippen molar-refractivity contribution in [2.24, 2.45) is 0 Å². The first kappa shape index (κ1) is 16.8. The number of aryl methyl sites for hydroxylation is 1. The third-order valence-electron chi connectivity index (χ3n) is 4.01. The summed E-state index contributed by atoms with van der Waals surface area (Å²) < 4.78 is 40.6. The van der Waals surface area contributed by atoms with E-state index in [2.05, 4.69) is 5.43 Å². The molecular formula is C16H21F3N2O. The van der Waals surface area contributed by atoms with Crippen LogP contribution in [0.4, 0.5) is 13.2 Å². The molecule has 1 aliphatic rings. The van der Waals surface area contributed by atoms with Gasteiger partial charge in [-0.25, -0.2) is 5.01 Å². The van der Waals surface area contributed by atoms with Crippen molar-refractivity contribution in [1.29, 1.82) is 0 Å². The molecule has 6 heteroatoms. The second-order valence-electron chi connectivity index (χ2n) is 6.33. The molecule has 1 saturated heterocycles. The van der Waals surface area contributed by atoms with Gasteiger partial charge in [-0.1, -0.05) is 31.2 Å². The Kier molecular flexibility index (Phi) is 4.52. The molecule has 0 aliphatic carbocycles. The predicted molar refractivity (Wildman–Crippen MR) is 78.0 cm³/mol. The van der Waals surface area contributed by atoms with Crippen molar-refractivity contribution in [2.75, 3.05) is 0 Å². The minimum Gasteiger partial charge on any atom is -0.288 e. The molecule has 1 fully saturated rings. The Morgan fingerprint density at radius 3 is 2.45 bits per heavy atom. The number of hydrogen-bond acceptors (Lipinski definition) is 2. The molecule has 3 nitrogen and oxygen atoms in total. The minimum absolute atomic E-state index is 0.0641. The fraction of sp³-hybridized carbons (Fsp3) is 0.562. The zero-order chi connectivity index (χ0) is 16.5. The maximum absolute atomic E-state index is 13.5. The SMILES string of the molecule is CCc1cccc(CC(N2NC(=O)CC2(C)C)C(F)(F)F)c1. The van der Waals surface area contributed by atoms with E-state index in [0.717, 1.165) is 17.0 Å². The van der Waals surface area contributed by atoms with Gasteiger partial charge in [0.15, 0.2) is 0 Å². The van der Waals surface area contributed by atoms with Crippen molar-refractivity contribution in [3.8, 4) is 0 Å². The lowest BCUT2D eigenvalue weighted by Crippen LogP contribution is -2.57. The Balaban J connectivity index is 2.29. The summed E-state index contributed by atoms with van der Waals surface area (Å²) in [5.41, 5.74) is 3.14.